The molecule has 0 aromatic heterocycles. The monoisotopic (exact) mass is 354 g/mol. The number of rotatable bonds is 6. The van der Waals surface area contributed by atoms with E-state index in [0.29, 0.717) is 51.1 Å². The van der Waals surface area contributed by atoms with E-state index in [-0.39, 0.29) is 11.9 Å². The molecule has 7 nitrogen and oxygen atoms in total. The highest BCUT2D eigenvalue weighted by Gasteiger charge is 2.33. The lowest BCUT2D eigenvalue weighted by atomic mass is 9.81. The Morgan fingerprint density at radius 1 is 1.12 bits per heavy atom. The molecule has 0 saturated carbocycles. The molecule has 1 N–H and O–H groups in total. The fourth-order valence-corrected chi connectivity index (χ4v) is 3.67. The van der Waals surface area contributed by atoms with Gasteiger partial charge in [0.25, 0.3) is 0 Å². The molecule has 2 unspecified atom stereocenters. The van der Waals surface area contributed by atoms with Crippen LogP contribution in [-0.4, -0.2) is 93.2 Å². The van der Waals surface area contributed by atoms with Gasteiger partial charge in [-0.2, -0.15) is 0 Å². The number of hydrogen-bond donors (Lipinski definition) is 1. The number of hydrogen-bond acceptors (Lipinski definition) is 4. The maximum atomic E-state index is 12.7. The molecule has 144 valence electrons. The van der Waals surface area contributed by atoms with Crippen molar-refractivity contribution >= 4 is 11.9 Å². The molecule has 2 aliphatic heterocycles. The third-order valence-electron chi connectivity index (χ3n) is 5.30. The Bertz CT molecular complexity index is 438. The standard InChI is InChI=1S/C18H34N4O3/c1-4-15-14-22(18(24)21-9-11-25-12-10-21)7-5-16(15)13-17(23)19-6-8-20(2)3/h15-16H,4-14H2,1-3H3,(H,19,23). The van der Waals surface area contributed by atoms with Crippen molar-refractivity contribution in [2.24, 2.45) is 11.8 Å². The number of likely N-dealkylation sites (N-methyl/N-ethyl adjacent to an activating group) is 1. The summed E-state index contributed by atoms with van der Waals surface area (Å²) in [4.78, 5) is 30.8. The van der Waals surface area contributed by atoms with Crippen LogP contribution in [0.1, 0.15) is 26.2 Å². The van der Waals surface area contributed by atoms with E-state index in [0.717, 1.165) is 32.5 Å². The number of ether oxygens (including phenoxy) is 1. The Morgan fingerprint density at radius 2 is 1.84 bits per heavy atom. The molecular weight excluding hydrogens is 320 g/mol. The van der Waals surface area contributed by atoms with Crippen LogP contribution in [0.4, 0.5) is 4.79 Å². The van der Waals surface area contributed by atoms with Crippen LogP contribution >= 0.6 is 0 Å². The molecule has 2 saturated heterocycles. The van der Waals surface area contributed by atoms with Gasteiger partial charge in [-0.05, 0) is 32.4 Å². The number of carbonyl (C=O) groups is 2. The zero-order valence-electron chi connectivity index (χ0n) is 16.0. The van der Waals surface area contributed by atoms with Gasteiger partial charge in [0.05, 0.1) is 13.2 Å². The number of amides is 3. The van der Waals surface area contributed by atoms with Crippen LogP contribution in [-0.2, 0) is 9.53 Å². The summed E-state index contributed by atoms with van der Waals surface area (Å²) in [6.07, 6.45) is 2.49. The first-order chi connectivity index (χ1) is 12.0. The highest BCUT2D eigenvalue weighted by molar-refractivity contribution is 5.76. The lowest BCUT2D eigenvalue weighted by Gasteiger charge is -2.41. The summed E-state index contributed by atoms with van der Waals surface area (Å²) in [5.74, 6) is 0.912. The van der Waals surface area contributed by atoms with Crippen molar-refractivity contribution < 1.29 is 14.3 Å². The quantitative estimate of drug-likeness (QED) is 0.768. The summed E-state index contributed by atoms with van der Waals surface area (Å²) in [7, 11) is 4.00. The van der Waals surface area contributed by atoms with Crippen LogP contribution in [0, 0.1) is 11.8 Å². The Labute approximate surface area is 151 Å². The van der Waals surface area contributed by atoms with Gasteiger partial charge >= 0.3 is 6.03 Å². The zero-order chi connectivity index (χ0) is 18.2. The minimum atomic E-state index is 0.135. The third kappa shape index (κ3) is 6.15. The number of urea groups is 1. The fourth-order valence-electron chi connectivity index (χ4n) is 3.67. The first-order valence-electron chi connectivity index (χ1n) is 9.54. The van der Waals surface area contributed by atoms with Crippen LogP contribution in [0.3, 0.4) is 0 Å². The molecule has 2 heterocycles. The lowest BCUT2D eigenvalue weighted by Crippen LogP contribution is -2.52. The molecule has 0 spiro atoms. The summed E-state index contributed by atoms with van der Waals surface area (Å²) in [5, 5.41) is 3.01. The Kier molecular flexibility index (Phi) is 7.96. The number of carbonyl (C=O) groups excluding carboxylic acids is 2. The molecule has 0 aromatic carbocycles. The smallest absolute Gasteiger partial charge is 0.320 e. The van der Waals surface area contributed by atoms with Gasteiger partial charge in [-0.15, -0.1) is 0 Å². The molecule has 7 heteroatoms. The first kappa shape index (κ1) is 20.0. The summed E-state index contributed by atoms with van der Waals surface area (Å²) in [6.45, 7) is 7.86. The SMILES string of the molecule is CCC1CN(C(=O)N2CCOCC2)CCC1CC(=O)NCCN(C)C. The Hall–Kier alpha value is -1.34. The van der Waals surface area contributed by atoms with Crippen LogP contribution in [0.25, 0.3) is 0 Å². The van der Waals surface area contributed by atoms with Gasteiger partial charge in [-0.1, -0.05) is 13.3 Å². The molecule has 2 atom stereocenters. The van der Waals surface area contributed by atoms with Crippen LogP contribution in [0.2, 0.25) is 0 Å². The molecule has 25 heavy (non-hydrogen) atoms. The van der Waals surface area contributed by atoms with Crippen LogP contribution in [0.15, 0.2) is 0 Å². The Balaban J connectivity index is 1.80. The highest BCUT2D eigenvalue weighted by Crippen LogP contribution is 2.29. The van der Waals surface area contributed by atoms with E-state index >= 15 is 0 Å². The second kappa shape index (κ2) is 9.97. The molecule has 0 aliphatic carbocycles. The molecule has 2 rings (SSSR count). The van der Waals surface area contributed by atoms with Crippen molar-refractivity contribution in [1.29, 1.82) is 0 Å². The first-order valence-corrected chi connectivity index (χ1v) is 9.54. The van der Waals surface area contributed by atoms with E-state index in [2.05, 4.69) is 17.1 Å². The van der Waals surface area contributed by atoms with Crippen molar-refractivity contribution in [2.45, 2.75) is 26.2 Å². The summed E-state index contributed by atoms with van der Waals surface area (Å²) < 4.78 is 5.33. The van der Waals surface area contributed by atoms with Crippen molar-refractivity contribution in [1.82, 2.24) is 20.0 Å². The number of piperidine rings is 1. The van der Waals surface area contributed by atoms with Crippen molar-refractivity contribution in [3.05, 3.63) is 0 Å². The van der Waals surface area contributed by atoms with Gasteiger partial charge < -0.3 is 24.8 Å². The maximum Gasteiger partial charge on any atom is 0.320 e. The van der Waals surface area contributed by atoms with Gasteiger partial charge in [-0.25, -0.2) is 4.79 Å². The molecule has 0 bridgehead atoms. The maximum absolute atomic E-state index is 12.7. The van der Waals surface area contributed by atoms with Gasteiger partial charge in [0, 0.05) is 45.7 Å². The predicted molar refractivity (Wildman–Crippen MR) is 97.4 cm³/mol. The second-order valence-electron chi connectivity index (χ2n) is 7.40. The van der Waals surface area contributed by atoms with Gasteiger partial charge in [-0.3, -0.25) is 4.79 Å². The average Bonchev–Trinajstić information content (AvgIpc) is 2.61. The molecular formula is C18H34N4O3. The normalized spacial score (nSPS) is 24.5. The van der Waals surface area contributed by atoms with E-state index in [1.165, 1.54) is 0 Å². The lowest BCUT2D eigenvalue weighted by molar-refractivity contribution is -0.122. The number of nitrogens with zero attached hydrogens (tertiary/aromatic N) is 3. The molecule has 2 aliphatic rings. The van der Waals surface area contributed by atoms with E-state index in [9.17, 15) is 9.59 Å². The zero-order valence-corrected chi connectivity index (χ0v) is 16.0. The summed E-state index contributed by atoms with van der Waals surface area (Å²) in [5.41, 5.74) is 0. The number of nitrogens with one attached hydrogen (secondary N) is 1. The average molecular weight is 354 g/mol. The second-order valence-corrected chi connectivity index (χ2v) is 7.40. The number of likely N-dealkylation sites (tertiary alicyclic amines) is 1. The molecule has 0 aromatic rings. The molecule has 2 fully saturated rings. The van der Waals surface area contributed by atoms with Gasteiger partial charge in [0.15, 0.2) is 0 Å². The van der Waals surface area contributed by atoms with Crippen molar-refractivity contribution in [3.63, 3.8) is 0 Å². The predicted octanol–water partition coefficient (Wildman–Crippen LogP) is 0.855. The van der Waals surface area contributed by atoms with E-state index in [1.54, 1.807) is 0 Å². The molecule has 3 amide bonds. The summed E-state index contributed by atoms with van der Waals surface area (Å²) in [6, 6.07) is 0.135. The van der Waals surface area contributed by atoms with Crippen LogP contribution < -0.4 is 5.32 Å². The van der Waals surface area contributed by atoms with Crippen LogP contribution in [0.5, 0.6) is 0 Å². The van der Waals surface area contributed by atoms with E-state index in [1.807, 2.05) is 23.9 Å². The van der Waals surface area contributed by atoms with Crippen molar-refractivity contribution in [2.75, 3.05) is 66.6 Å². The largest absolute Gasteiger partial charge is 0.378 e. The minimum absolute atomic E-state index is 0.135. The Morgan fingerprint density at radius 3 is 2.48 bits per heavy atom. The topological polar surface area (TPSA) is 65.1 Å². The van der Waals surface area contributed by atoms with Crippen molar-refractivity contribution in [3.8, 4) is 0 Å². The molecule has 0 radical (unpaired) electrons. The summed E-state index contributed by atoms with van der Waals surface area (Å²) >= 11 is 0. The van der Waals surface area contributed by atoms with Gasteiger partial charge in [0.2, 0.25) is 5.91 Å². The highest BCUT2D eigenvalue weighted by atomic mass is 16.5. The number of morpholine rings is 1. The van der Waals surface area contributed by atoms with E-state index < -0.39 is 0 Å². The van der Waals surface area contributed by atoms with E-state index in [4.69, 9.17) is 4.74 Å². The van der Waals surface area contributed by atoms with Gasteiger partial charge in [0.1, 0.15) is 0 Å². The minimum Gasteiger partial charge on any atom is -0.378 e. The fraction of sp³-hybridized carbons (Fsp3) is 0.889. The third-order valence-corrected chi connectivity index (χ3v) is 5.30.